The minimum Gasteiger partial charge on any atom is -0.488 e. The van der Waals surface area contributed by atoms with Gasteiger partial charge in [-0.05, 0) is 73.4 Å². The van der Waals surface area contributed by atoms with Gasteiger partial charge in [0.25, 0.3) is 16.8 Å². The third-order valence-electron chi connectivity index (χ3n) is 5.88. The van der Waals surface area contributed by atoms with E-state index in [1.54, 1.807) is 18.2 Å². The van der Waals surface area contributed by atoms with Crippen LogP contribution in [0.3, 0.4) is 0 Å². The van der Waals surface area contributed by atoms with Crippen LogP contribution in [-0.4, -0.2) is 21.0 Å². The van der Waals surface area contributed by atoms with Crippen LogP contribution in [0.15, 0.2) is 94.3 Å². The molecule has 4 aromatic rings. The molecule has 7 nitrogen and oxygen atoms in total. The Morgan fingerprint density at radius 1 is 0.973 bits per heavy atom. The molecular formula is C28H19BrN2O5S. The van der Waals surface area contributed by atoms with Gasteiger partial charge in [0.1, 0.15) is 12.4 Å². The van der Waals surface area contributed by atoms with Crippen molar-refractivity contribution in [3.05, 3.63) is 121 Å². The lowest BCUT2D eigenvalue weighted by Crippen LogP contribution is -2.27. The smallest absolute Gasteiger partial charge is 0.293 e. The number of nitro groups is 1. The Hall–Kier alpha value is -3.95. The molecule has 0 aliphatic carbocycles. The van der Waals surface area contributed by atoms with Crippen LogP contribution in [0, 0.1) is 10.1 Å². The first kappa shape index (κ1) is 24.7. The molecule has 1 heterocycles. The number of nitro benzene ring substituents is 1. The molecule has 1 saturated heterocycles. The lowest BCUT2D eigenvalue weighted by Gasteiger charge is -2.12. The highest BCUT2D eigenvalue weighted by atomic mass is 79.9. The zero-order valence-corrected chi connectivity index (χ0v) is 21.7. The van der Waals surface area contributed by atoms with E-state index in [1.165, 1.54) is 12.1 Å². The number of rotatable bonds is 7. The molecule has 0 saturated carbocycles. The predicted molar refractivity (Wildman–Crippen MR) is 147 cm³/mol. The molecule has 0 radical (unpaired) electrons. The highest BCUT2D eigenvalue weighted by Crippen LogP contribution is 2.35. The molecule has 0 unspecified atom stereocenters. The molecule has 2 amide bonds. The lowest BCUT2D eigenvalue weighted by molar-refractivity contribution is -0.384. The number of non-ortho nitro benzene ring substituents is 1. The zero-order chi connectivity index (χ0) is 25.9. The van der Waals surface area contributed by atoms with Crippen LogP contribution in [0.25, 0.3) is 16.8 Å². The molecule has 4 aromatic carbocycles. The number of halogens is 1. The molecule has 0 atom stereocenters. The fourth-order valence-electron chi connectivity index (χ4n) is 3.99. The first-order chi connectivity index (χ1) is 17.9. The fourth-order valence-corrected chi connectivity index (χ4v) is 5.34. The van der Waals surface area contributed by atoms with Gasteiger partial charge < -0.3 is 4.74 Å². The molecule has 0 aromatic heterocycles. The number of nitrogens with zero attached hydrogens (tertiary/aromatic N) is 2. The standard InChI is InChI=1S/C28H19BrN2O5S/c29-24-14-19(10-13-25(24)36-17-21-6-3-5-20-4-1-2-7-23(20)21)15-26-27(32)30(28(33)37-26)16-18-8-11-22(12-9-18)31(34)35/h1-15H,16-17H2/b26-15-. The quantitative estimate of drug-likeness (QED) is 0.130. The van der Waals surface area contributed by atoms with E-state index >= 15 is 0 Å². The molecular weight excluding hydrogens is 556 g/mol. The predicted octanol–water partition coefficient (Wildman–Crippen LogP) is 7.33. The molecule has 37 heavy (non-hydrogen) atoms. The van der Waals surface area contributed by atoms with Gasteiger partial charge in [0, 0.05) is 12.1 Å². The Labute approximate surface area is 225 Å². The van der Waals surface area contributed by atoms with Crippen LogP contribution in [0.5, 0.6) is 5.75 Å². The van der Waals surface area contributed by atoms with Crippen LogP contribution in [0.2, 0.25) is 0 Å². The van der Waals surface area contributed by atoms with Crippen molar-refractivity contribution in [1.82, 2.24) is 4.90 Å². The maximum Gasteiger partial charge on any atom is 0.293 e. The SMILES string of the molecule is O=C1S/C(=C\c2ccc(OCc3cccc4ccccc34)c(Br)c2)C(=O)N1Cc1ccc([N+](=O)[O-])cc1. The summed E-state index contributed by atoms with van der Waals surface area (Å²) in [5.74, 6) is 0.261. The third-order valence-corrected chi connectivity index (χ3v) is 7.41. The van der Waals surface area contributed by atoms with Crippen LogP contribution in [0.4, 0.5) is 10.5 Å². The second kappa shape index (κ2) is 10.6. The van der Waals surface area contributed by atoms with Gasteiger partial charge in [-0.3, -0.25) is 24.6 Å². The van der Waals surface area contributed by atoms with E-state index in [2.05, 4.69) is 34.1 Å². The molecule has 184 valence electrons. The molecule has 0 N–H and O–H groups in total. The normalized spacial score (nSPS) is 14.5. The number of hydrogen-bond donors (Lipinski definition) is 0. The average molecular weight is 575 g/mol. The van der Waals surface area contributed by atoms with E-state index in [0.29, 0.717) is 22.8 Å². The summed E-state index contributed by atoms with van der Waals surface area (Å²) in [6.45, 7) is 0.450. The van der Waals surface area contributed by atoms with Crippen LogP contribution < -0.4 is 4.74 Å². The molecule has 5 rings (SSSR count). The minimum atomic E-state index is -0.495. The highest BCUT2D eigenvalue weighted by Gasteiger charge is 2.35. The molecule has 9 heteroatoms. The highest BCUT2D eigenvalue weighted by molar-refractivity contribution is 9.10. The van der Waals surface area contributed by atoms with Gasteiger partial charge in [-0.25, -0.2) is 0 Å². The first-order valence-corrected chi connectivity index (χ1v) is 12.9. The van der Waals surface area contributed by atoms with E-state index in [1.807, 2.05) is 42.5 Å². The molecule has 0 spiro atoms. The van der Waals surface area contributed by atoms with E-state index in [0.717, 1.165) is 43.0 Å². The second-order valence-corrected chi connectivity index (χ2v) is 10.2. The first-order valence-electron chi connectivity index (χ1n) is 11.3. The van der Waals surface area contributed by atoms with E-state index < -0.39 is 10.8 Å². The van der Waals surface area contributed by atoms with Gasteiger partial charge >= 0.3 is 0 Å². The fraction of sp³-hybridized carbons (Fsp3) is 0.0714. The second-order valence-electron chi connectivity index (χ2n) is 8.31. The average Bonchev–Trinajstić information content (AvgIpc) is 3.15. The zero-order valence-electron chi connectivity index (χ0n) is 19.3. The van der Waals surface area contributed by atoms with Crippen molar-refractivity contribution in [2.75, 3.05) is 0 Å². The Morgan fingerprint density at radius 2 is 1.73 bits per heavy atom. The van der Waals surface area contributed by atoms with Crippen molar-refractivity contribution in [2.24, 2.45) is 0 Å². The van der Waals surface area contributed by atoms with Crippen molar-refractivity contribution >= 4 is 61.4 Å². The summed E-state index contributed by atoms with van der Waals surface area (Å²) < 4.78 is 6.78. The lowest BCUT2D eigenvalue weighted by atomic mass is 10.1. The van der Waals surface area contributed by atoms with Crippen molar-refractivity contribution < 1.29 is 19.2 Å². The number of benzene rings is 4. The van der Waals surface area contributed by atoms with Crippen molar-refractivity contribution in [2.45, 2.75) is 13.2 Å². The summed E-state index contributed by atoms with van der Waals surface area (Å²) in [4.78, 5) is 37.2. The van der Waals surface area contributed by atoms with E-state index in [4.69, 9.17) is 4.74 Å². The maximum atomic E-state index is 12.9. The van der Waals surface area contributed by atoms with Gasteiger partial charge in [-0.15, -0.1) is 0 Å². The van der Waals surface area contributed by atoms with Gasteiger partial charge in [-0.2, -0.15) is 0 Å². The van der Waals surface area contributed by atoms with Gasteiger partial charge in [0.15, 0.2) is 0 Å². The maximum absolute atomic E-state index is 12.9. The molecule has 0 bridgehead atoms. The number of thioether (sulfide) groups is 1. The monoisotopic (exact) mass is 574 g/mol. The van der Waals surface area contributed by atoms with Gasteiger partial charge in [0.05, 0.1) is 20.8 Å². The van der Waals surface area contributed by atoms with Crippen LogP contribution in [-0.2, 0) is 17.9 Å². The van der Waals surface area contributed by atoms with Gasteiger partial charge in [0.2, 0.25) is 0 Å². The summed E-state index contributed by atoms with van der Waals surface area (Å²) in [5.41, 5.74) is 2.40. The molecule has 1 aliphatic rings. The Kier molecular flexibility index (Phi) is 7.07. The summed E-state index contributed by atoms with van der Waals surface area (Å²) in [6, 6.07) is 25.5. The molecule has 1 fully saturated rings. The number of fused-ring (bicyclic) bond motifs is 1. The Balaban J connectivity index is 1.27. The van der Waals surface area contributed by atoms with Crippen molar-refractivity contribution in [3.8, 4) is 5.75 Å². The van der Waals surface area contributed by atoms with Crippen molar-refractivity contribution in [3.63, 3.8) is 0 Å². The largest absolute Gasteiger partial charge is 0.488 e. The Bertz CT molecular complexity index is 1560. The van der Waals surface area contributed by atoms with Crippen molar-refractivity contribution in [1.29, 1.82) is 0 Å². The summed E-state index contributed by atoms with van der Waals surface area (Å²) in [6.07, 6.45) is 1.67. The minimum absolute atomic E-state index is 0.0463. The molecule has 1 aliphatic heterocycles. The van der Waals surface area contributed by atoms with E-state index in [9.17, 15) is 19.7 Å². The third kappa shape index (κ3) is 5.42. The summed E-state index contributed by atoms with van der Waals surface area (Å²) >= 11 is 4.41. The summed E-state index contributed by atoms with van der Waals surface area (Å²) in [7, 11) is 0. The van der Waals surface area contributed by atoms with E-state index in [-0.39, 0.29) is 17.5 Å². The topological polar surface area (TPSA) is 89.8 Å². The van der Waals surface area contributed by atoms with Crippen LogP contribution in [0.1, 0.15) is 16.7 Å². The number of amides is 2. The number of imide groups is 1. The number of carbonyl (C=O) groups is 2. The van der Waals surface area contributed by atoms with Gasteiger partial charge in [-0.1, -0.05) is 60.7 Å². The Morgan fingerprint density at radius 3 is 2.49 bits per heavy atom. The summed E-state index contributed by atoms with van der Waals surface area (Å²) in [5, 5.41) is 12.7. The van der Waals surface area contributed by atoms with Crippen LogP contribution >= 0.6 is 27.7 Å². The number of carbonyl (C=O) groups excluding carboxylic acids is 2. The number of ether oxygens (including phenoxy) is 1. The number of hydrogen-bond acceptors (Lipinski definition) is 6.